The quantitative estimate of drug-likeness (QED) is 0.914. The van der Waals surface area contributed by atoms with Crippen LogP contribution >= 0.6 is 0 Å². The van der Waals surface area contributed by atoms with Gasteiger partial charge in [0.05, 0.1) is 6.20 Å². The van der Waals surface area contributed by atoms with Gasteiger partial charge in [-0.3, -0.25) is 9.69 Å². The summed E-state index contributed by atoms with van der Waals surface area (Å²) in [6, 6.07) is 10.6. The molecule has 1 fully saturated rings. The highest BCUT2D eigenvalue weighted by Gasteiger charge is 2.32. The molecule has 2 aromatic rings. The summed E-state index contributed by atoms with van der Waals surface area (Å²) in [5, 5.41) is 10.1. The van der Waals surface area contributed by atoms with Crippen molar-refractivity contribution in [1.82, 2.24) is 25.2 Å². The average Bonchev–Trinajstić information content (AvgIpc) is 3.12. The van der Waals surface area contributed by atoms with Crippen LogP contribution in [0.5, 0.6) is 0 Å². The smallest absolute Gasteiger partial charge is 0.275 e. The van der Waals surface area contributed by atoms with Crippen molar-refractivity contribution in [2.24, 2.45) is 5.41 Å². The molecule has 1 amide bonds. The lowest BCUT2D eigenvalue weighted by Crippen LogP contribution is -2.45. The van der Waals surface area contributed by atoms with Crippen LogP contribution in [0.15, 0.2) is 36.5 Å². The molecule has 0 radical (unpaired) electrons. The number of hydrogen-bond acceptors (Lipinski definition) is 4. The minimum atomic E-state index is -0.0725. The van der Waals surface area contributed by atoms with E-state index in [4.69, 9.17) is 0 Å². The number of rotatable bonds is 5. The number of carbonyl (C=O) groups excluding carboxylic acids is 1. The second-order valence-electron chi connectivity index (χ2n) is 7.09. The highest BCUT2D eigenvalue weighted by Crippen LogP contribution is 2.32. The summed E-state index contributed by atoms with van der Waals surface area (Å²) in [6.07, 6.45) is 3.66. The van der Waals surface area contributed by atoms with Gasteiger partial charge in [0.1, 0.15) is 0 Å². The normalized spacial score (nSPS) is 17.6. The summed E-state index contributed by atoms with van der Waals surface area (Å²) in [7, 11) is 1.85. The highest BCUT2D eigenvalue weighted by molar-refractivity contribution is 5.91. The molecule has 1 aliphatic rings. The lowest BCUT2D eigenvalue weighted by atomic mass is 9.79. The lowest BCUT2D eigenvalue weighted by Gasteiger charge is -2.41. The van der Waals surface area contributed by atoms with Crippen LogP contribution in [-0.2, 0) is 6.54 Å². The summed E-state index contributed by atoms with van der Waals surface area (Å²) < 4.78 is 0. The van der Waals surface area contributed by atoms with E-state index in [2.05, 4.69) is 57.6 Å². The van der Waals surface area contributed by atoms with E-state index in [0.717, 1.165) is 39.0 Å². The second kappa shape index (κ2) is 7.13. The number of nitrogens with zero attached hydrogens (tertiary/aromatic N) is 4. The average molecular weight is 327 g/mol. The third kappa shape index (κ3) is 4.00. The number of piperidine rings is 1. The van der Waals surface area contributed by atoms with Gasteiger partial charge in [0.2, 0.25) is 0 Å². The summed E-state index contributed by atoms with van der Waals surface area (Å²) in [5.41, 5.74) is 1.89. The van der Waals surface area contributed by atoms with Gasteiger partial charge in [0.15, 0.2) is 5.69 Å². The van der Waals surface area contributed by atoms with Crippen LogP contribution in [0.3, 0.4) is 0 Å². The highest BCUT2D eigenvalue weighted by atomic mass is 16.2. The van der Waals surface area contributed by atoms with Crippen molar-refractivity contribution in [1.29, 1.82) is 0 Å². The van der Waals surface area contributed by atoms with Gasteiger partial charge >= 0.3 is 0 Å². The van der Waals surface area contributed by atoms with E-state index < -0.39 is 0 Å². The Morgan fingerprint density at radius 3 is 2.62 bits per heavy atom. The molecule has 2 heterocycles. The molecule has 1 aromatic carbocycles. The van der Waals surface area contributed by atoms with Crippen LogP contribution in [0.2, 0.25) is 0 Å². The molecule has 0 spiro atoms. The Bertz CT molecular complexity index is 647. The largest absolute Gasteiger partial charge is 0.340 e. The van der Waals surface area contributed by atoms with E-state index in [1.54, 1.807) is 4.90 Å². The summed E-state index contributed by atoms with van der Waals surface area (Å²) in [5.74, 6) is -0.0725. The second-order valence-corrected chi connectivity index (χ2v) is 7.09. The molecule has 1 aromatic heterocycles. The molecule has 128 valence electrons. The van der Waals surface area contributed by atoms with E-state index in [0.29, 0.717) is 5.69 Å². The summed E-state index contributed by atoms with van der Waals surface area (Å²) in [4.78, 5) is 16.6. The van der Waals surface area contributed by atoms with Crippen molar-refractivity contribution in [2.75, 3.05) is 26.7 Å². The zero-order chi connectivity index (χ0) is 17.0. The Hall–Kier alpha value is -2.21. The number of aromatic amines is 1. The third-order valence-electron chi connectivity index (χ3n) is 4.91. The van der Waals surface area contributed by atoms with Gasteiger partial charge < -0.3 is 4.90 Å². The molecule has 0 aliphatic carbocycles. The minimum Gasteiger partial charge on any atom is -0.340 e. The zero-order valence-electron chi connectivity index (χ0n) is 14.4. The topological polar surface area (TPSA) is 65.1 Å². The number of hydrogen-bond donors (Lipinski definition) is 1. The molecule has 6 heteroatoms. The van der Waals surface area contributed by atoms with E-state index in [-0.39, 0.29) is 11.3 Å². The number of amides is 1. The van der Waals surface area contributed by atoms with Gasteiger partial charge in [-0.1, -0.05) is 37.3 Å². The molecule has 0 saturated carbocycles. The number of likely N-dealkylation sites (tertiary alicyclic amines) is 1. The van der Waals surface area contributed by atoms with E-state index >= 15 is 0 Å². The van der Waals surface area contributed by atoms with E-state index in [1.165, 1.54) is 11.8 Å². The van der Waals surface area contributed by atoms with Gasteiger partial charge in [-0.2, -0.15) is 15.4 Å². The summed E-state index contributed by atoms with van der Waals surface area (Å²) in [6.45, 7) is 6.16. The maximum Gasteiger partial charge on any atom is 0.275 e. The van der Waals surface area contributed by atoms with Crippen molar-refractivity contribution >= 4 is 5.91 Å². The molecular formula is C18H25N5O. The fraction of sp³-hybridized carbons (Fsp3) is 0.500. The third-order valence-corrected chi connectivity index (χ3v) is 4.91. The van der Waals surface area contributed by atoms with E-state index in [1.807, 2.05) is 7.05 Å². The van der Waals surface area contributed by atoms with Crippen molar-refractivity contribution in [3.63, 3.8) is 0 Å². The molecule has 1 aliphatic heterocycles. The van der Waals surface area contributed by atoms with Gasteiger partial charge in [-0.25, -0.2) is 0 Å². The van der Waals surface area contributed by atoms with Gasteiger partial charge in [-0.15, -0.1) is 0 Å². The minimum absolute atomic E-state index is 0.0725. The molecule has 3 rings (SSSR count). The fourth-order valence-corrected chi connectivity index (χ4v) is 3.40. The Balaban J connectivity index is 1.52. The molecule has 0 bridgehead atoms. The number of aromatic nitrogens is 3. The Labute approximate surface area is 142 Å². The van der Waals surface area contributed by atoms with Gasteiger partial charge in [0, 0.05) is 20.1 Å². The number of nitrogens with one attached hydrogen (secondary N) is 1. The first-order chi connectivity index (χ1) is 11.6. The first-order valence-electron chi connectivity index (χ1n) is 8.43. The maximum atomic E-state index is 12.3. The van der Waals surface area contributed by atoms with Crippen molar-refractivity contribution < 1.29 is 4.79 Å². The first-order valence-corrected chi connectivity index (χ1v) is 8.43. The van der Waals surface area contributed by atoms with Crippen molar-refractivity contribution in [3.8, 4) is 0 Å². The number of carbonyl (C=O) groups is 1. The van der Waals surface area contributed by atoms with Crippen LogP contribution < -0.4 is 0 Å². The van der Waals surface area contributed by atoms with Crippen LogP contribution in [0.4, 0.5) is 0 Å². The Kier molecular flexibility index (Phi) is 4.94. The molecule has 1 saturated heterocycles. The Morgan fingerprint density at radius 2 is 2.00 bits per heavy atom. The van der Waals surface area contributed by atoms with Crippen molar-refractivity contribution in [2.45, 2.75) is 26.3 Å². The molecular weight excluding hydrogens is 302 g/mol. The monoisotopic (exact) mass is 327 g/mol. The Morgan fingerprint density at radius 1 is 1.29 bits per heavy atom. The molecule has 24 heavy (non-hydrogen) atoms. The molecule has 1 N–H and O–H groups in total. The summed E-state index contributed by atoms with van der Waals surface area (Å²) >= 11 is 0. The van der Waals surface area contributed by atoms with Crippen LogP contribution in [0, 0.1) is 5.41 Å². The lowest BCUT2D eigenvalue weighted by molar-refractivity contribution is 0.0569. The molecule has 6 nitrogen and oxygen atoms in total. The van der Waals surface area contributed by atoms with E-state index in [9.17, 15) is 4.79 Å². The molecule has 0 atom stereocenters. The van der Waals surface area contributed by atoms with Crippen LogP contribution in [0.1, 0.15) is 35.8 Å². The zero-order valence-corrected chi connectivity index (χ0v) is 14.4. The maximum absolute atomic E-state index is 12.3. The standard InChI is InChI=1S/C18H25N5O/c1-18(14-22(2)17(24)16-12-19-21-20-16)8-10-23(11-9-18)13-15-6-4-3-5-7-15/h3-7,12H,8-11,13-14H2,1-2H3,(H,19,20,21). The predicted octanol–water partition coefficient (Wildman–Crippen LogP) is 2.18. The molecule has 0 unspecified atom stereocenters. The fourth-order valence-electron chi connectivity index (χ4n) is 3.40. The van der Waals surface area contributed by atoms with Gasteiger partial charge in [0.25, 0.3) is 5.91 Å². The first kappa shape index (κ1) is 16.6. The predicted molar refractivity (Wildman–Crippen MR) is 92.4 cm³/mol. The van der Waals surface area contributed by atoms with Gasteiger partial charge in [-0.05, 0) is 36.9 Å². The number of benzene rings is 1. The van der Waals surface area contributed by atoms with Crippen LogP contribution in [-0.4, -0.2) is 57.8 Å². The SMILES string of the molecule is CN(CC1(C)CCN(Cc2ccccc2)CC1)C(=O)c1cn[nH]n1. The van der Waals surface area contributed by atoms with Crippen LogP contribution in [0.25, 0.3) is 0 Å². The van der Waals surface area contributed by atoms with Crippen molar-refractivity contribution in [3.05, 3.63) is 47.8 Å². The number of H-pyrrole nitrogens is 1.